The van der Waals surface area contributed by atoms with E-state index in [4.69, 9.17) is 5.11 Å². The minimum atomic E-state index is -0.971. The van der Waals surface area contributed by atoms with Crippen LogP contribution in [0.15, 0.2) is 12.1 Å². The molecule has 1 atom stereocenters. The number of nitrogens with one attached hydrogen (secondary N) is 1. The largest absolute Gasteiger partial charge is 0.481 e. The van der Waals surface area contributed by atoms with E-state index in [0.717, 1.165) is 6.42 Å². The maximum absolute atomic E-state index is 10.6. The first-order valence-electron chi connectivity index (χ1n) is 10.1. The van der Waals surface area contributed by atoms with Crippen LogP contribution >= 0.6 is 0 Å². The third-order valence-electron chi connectivity index (χ3n) is 4.92. The fourth-order valence-corrected chi connectivity index (χ4v) is 3.43. The van der Waals surface area contributed by atoms with Crippen molar-refractivity contribution in [1.82, 2.24) is 5.32 Å². The van der Waals surface area contributed by atoms with Crippen molar-refractivity contribution in [2.45, 2.75) is 91.2 Å². The summed E-state index contributed by atoms with van der Waals surface area (Å²) >= 11 is 0. The Morgan fingerprint density at radius 3 is 2.19 bits per heavy atom. The van der Waals surface area contributed by atoms with Crippen LogP contribution in [0.5, 0.6) is 0 Å². The Labute approximate surface area is 159 Å². The maximum Gasteiger partial charge on any atom is 0.306 e. The van der Waals surface area contributed by atoms with Gasteiger partial charge in [-0.05, 0) is 48.9 Å². The molecule has 0 saturated heterocycles. The third kappa shape index (κ3) is 9.35. The zero-order chi connectivity index (χ0) is 19.4. The van der Waals surface area contributed by atoms with Crippen LogP contribution in [0.3, 0.4) is 0 Å². The first kappa shape index (κ1) is 22.7. The fourth-order valence-electron chi connectivity index (χ4n) is 3.43. The highest BCUT2D eigenvalue weighted by molar-refractivity contribution is 5.67. The number of hydrogen-bond donors (Lipinski definition) is 3. The van der Waals surface area contributed by atoms with Gasteiger partial charge in [0.1, 0.15) is 0 Å². The lowest BCUT2D eigenvalue weighted by Crippen LogP contribution is -2.28. The van der Waals surface area contributed by atoms with Crippen LogP contribution < -0.4 is 5.32 Å². The number of rotatable bonds is 14. The third-order valence-corrected chi connectivity index (χ3v) is 4.92. The zero-order valence-corrected chi connectivity index (χ0v) is 16.8. The summed E-state index contributed by atoms with van der Waals surface area (Å²) in [6.07, 6.45) is 9.39. The summed E-state index contributed by atoms with van der Waals surface area (Å²) in [6, 6.07) is 4.55. The van der Waals surface area contributed by atoms with E-state index in [-0.39, 0.29) is 6.42 Å². The lowest BCUT2D eigenvalue weighted by Gasteiger charge is -2.15. The molecular formula is C22H37NO3. The molecule has 0 fully saturated rings. The van der Waals surface area contributed by atoms with Gasteiger partial charge in [-0.2, -0.15) is 0 Å². The molecule has 0 aliphatic carbocycles. The number of carboxylic acid groups (broad SMARTS) is 1. The molecule has 0 aliphatic heterocycles. The number of carbonyl (C=O) groups is 1. The maximum atomic E-state index is 10.6. The molecule has 3 N–H and O–H groups in total. The first-order chi connectivity index (χ1) is 12.4. The molecule has 4 nitrogen and oxygen atoms in total. The van der Waals surface area contributed by atoms with Crippen molar-refractivity contribution in [3.05, 3.63) is 34.4 Å². The molecule has 0 spiro atoms. The van der Waals surface area contributed by atoms with E-state index in [1.54, 1.807) is 0 Å². The smallest absolute Gasteiger partial charge is 0.306 e. The molecule has 4 heteroatoms. The molecule has 0 aromatic heterocycles. The molecular weight excluding hydrogens is 326 g/mol. The number of unbranched alkanes of at least 4 members (excludes halogenated alkanes) is 6. The van der Waals surface area contributed by atoms with Crippen molar-refractivity contribution in [2.75, 3.05) is 6.54 Å². The Balaban J connectivity index is 2.38. The number of aryl methyl sites for hydroxylation is 3. The van der Waals surface area contributed by atoms with E-state index in [0.29, 0.717) is 13.1 Å². The molecule has 0 amide bonds. The predicted octanol–water partition coefficient (Wildman–Crippen LogP) is 4.52. The predicted molar refractivity (Wildman–Crippen MR) is 108 cm³/mol. The van der Waals surface area contributed by atoms with Crippen molar-refractivity contribution in [2.24, 2.45) is 0 Å². The molecule has 1 unspecified atom stereocenters. The normalized spacial score (nSPS) is 12.3. The molecule has 1 aromatic rings. The Bertz CT molecular complexity index is 519. The molecule has 0 aliphatic rings. The van der Waals surface area contributed by atoms with Crippen LogP contribution in [0.1, 0.15) is 80.5 Å². The second kappa shape index (κ2) is 12.9. The standard InChI is InChI=1S/C22H37NO3/c1-4-5-6-7-8-9-10-11-19-12-17(2)21(18(3)13-19)16-23-15-20(24)14-22(25)26/h12-13,20,23-24H,4-11,14-16H2,1-3H3,(H,25,26). The van der Waals surface area contributed by atoms with Crippen molar-refractivity contribution < 1.29 is 15.0 Å². The Morgan fingerprint density at radius 1 is 1.04 bits per heavy atom. The molecule has 148 valence electrons. The molecule has 1 aromatic carbocycles. The number of aliphatic carboxylic acids is 1. The van der Waals surface area contributed by atoms with Gasteiger partial charge in [0.15, 0.2) is 0 Å². The lowest BCUT2D eigenvalue weighted by atomic mass is 9.96. The number of hydrogen-bond acceptors (Lipinski definition) is 3. The van der Waals surface area contributed by atoms with Gasteiger partial charge in [0.2, 0.25) is 0 Å². The number of aliphatic hydroxyl groups excluding tert-OH is 1. The highest BCUT2D eigenvalue weighted by atomic mass is 16.4. The Hall–Kier alpha value is -1.39. The van der Waals surface area contributed by atoms with Crippen molar-refractivity contribution in [3.8, 4) is 0 Å². The summed E-state index contributed by atoms with van der Waals surface area (Å²) in [7, 11) is 0. The molecule has 0 saturated carbocycles. The van der Waals surface area contributed by atoms with Gasteiger partial charge in [0.25, 0.3) is 0 Å². The summed E-state index contributed by atoms with van der Waals surface area (Å²) in [6.45, 7) is 7.47. The van der Waals surface area contributed by atoms with E-state index in [1.807, 2.05) is 0 Å². The van der Waals surface area contributed by atoms with Gasteiger partial charge >= 0.3 is 5.97 Å². The molecule has 0 radical (unpaired) electrons. The SMILES string of the molecule is CCCCCCCCCc1cc(C)c(CNCC(O)CC(=O)O)c(C)c1. The van der Waals surface area contributed by atoms with Crippen LogP contribution in [0.4, 0.5) is 0 Å². The summed E-state index contributed by atoms with van der Waals surface area (Å²) in [5.41, 5.74) is 5.19. The highest BCUT2D eigenvalue weighted by Gasteiger charge is 2.10. The van der Waals surface area contributed by atoms with E-state index in [9.17, 15) is 9.90 Å². The zero-order valence-electron chi connectivity index (χ0n) is 16.8. The fraction of sp³-hybridized carbons (Fsp3) is 0.682. The van der Waals surface area contributed by atoms with Crippen molar-refractivity contribution in [1.29, 1.82) is 0 Å². The average molecular weight is 364 g/mol. The van der Waals surface area contributed by atoms with Crippen LogP contribution in [0.25, 0.3) is 0 Å². The highest BCUT2D eigenvalue weighted by Crippen LogP contribution is 2.19. The van der Waals surface area contributed by atoms with Gasteiger partial charge in [0.05, 0.1) is 12.5 Å². The monoisotopic (exact) mass is 363 g/mol. The number of carboxylic acids is 1. The van der Waals surface area contributed by atoms with E-state index in [2.05, 4.69) is 38.2 Å². The number of aliphatic hydroxyl groups is 1. The van der Waals surface area contributed by atoms with E-state index >= 15 is 0 Å². The quantitative estimate of drug-likeness (QED) is 0.425. The van der Waals surface area contributed by atoms with Crippen LogP contribution in [-0.4, -0.2) is 28.8 Å². The van der Waals surface area contributed by atoms with Crippen LogP contribution in [-0.2, 0) is 17.8 Å². The second-order valence-electron chi connectivity index (χ2n) is 7.46. The van der Waals surface area contributed by atoms with Crippen molar-refractivity contribution >= 4 is 5.97 Å². The topological polar surface area (TPSA) is 69.6 Å². The van der Waals surface area contributed by atoms with Crippen molar-refractivity contribution in [3.63, 3.8) is 0 Å². The van der Waals surface area contributed by atoms with Gasteiger partial charge < -0.3 is 15.5 Å². The lowest BCUT2D eigenvalue weighted by molar-refractivity contribution is -0.139. The molecule has 0 heterocycles. The average Bonchev–Trinajstić information content (AvgIpc) is 2.56. The minimum absolute atomic E-state index is 0.220. The summed E-state index contributed by atoms with van der Waals surface area (Å²) < 4.78 is 0. The van der Waals surface area contributed by atoms with Gasteiger partial charge in [-0.1, -0.05) is 57.6 Å². The van der Waals surface area contributed by atoms with Gasteiger partial charge in [-0.3, -0.25) is 4.79 Å². The Morgan fingerprint density at radius 2 is 1.62 bits per heavy atom. The molecule has 0 bridgehead atoms. The number of benzene rings is 1. The molecule has 26 heavy (non-hydrogen) atoms. The second-order valence-corrected chi connectivity index (χ2v) is 7.46. The van der Waals surface area contributed by atoms with Crippen LogP contribution in [0.2, 0.25) is 0 Å². The Kier molecular flexibility index (Phi) is 11.2. The van der Waals surface area contributed by atoms with Crippen LogP contribution in [0, 0.1) is 13.8 Å². The summed E-state index contributed by atoms with van der Waals surface area (Å²) in [5, 5.41) is 21.5. The van der Waals surface area contributed by atoms with Gasteiger partial charge in [0, 0.05) is 13.1 Å². The summed E-state index contributed by atoms with van der Waals surface area (Å²) in [5.74, 6) is -0.971. The molecule has 1 rings (SSSR count). The van der Waals surface area contributed by atoms with Gasteiger partial charge in [-0.25, -0.2) is 0 Å². The van der Waals surface area contributed by atoms with E-state index in [1.165, 1.54) is 67.2 Å². The summed E-state index contributed by atoms with van der Waals surface area (Å²) in [4.78, 5) is 10.6. The van der Waals surface area contributed by atoms with E-state index < -0.39 is 12.1 Å². The van der Waals surface area contributed by atoms with Gasteiger partial charge in [-0.15, -0.1) is 0 Å². The minimum Gasteiger partial charge on any atom is -0.481 e. The first-order valence-corrected chi connectivity index (χ1v) is 10.1.